The van der Waals surface area contributed by atoms with Crippen LogP contribution in [0.25, 0.3) is 0 Å². The SMILES string of the molecule is COC(=O)[C@]1(C)N[C@H](CN(C)S(=O)(=O)c2ccc(F)cc2)[C@@H]2C(=O)N(C)C(=O)[C@@H]21.O=C(O)C(F)(F)F. The van der Waals surface area contributed by atoms with Crippen LogP contribution in [0.2, 0.25) is 0 Å². The molecule has 2 N–H and O–H groups in total. The number of sulfonamides is 1. The molecule has 200 valence electrons. The highest BCUT2D eigenvalue weighted by molar-refractivity contribution is 7.89. The minimum absolute atomic E-state index is 0.113. The zero-order valence-corrected chi connectivity index (χ0v) is 20.2. The summed E-state index contributed by atoms with van der Waals surface area (Å²) in [6, 6.07) is 3.55. The first-order valence-electron chi connectivity index (χ1n) is 10.1. The number of alkyl halides is 3. The highest BCUT2D eigenvalue weighted by Crippen LogP contribution is 2.43. The number of carboxylic acids is 1. The van der Waals surface area contributed by atoms with Gasteiger partial charge in [0.15, 0.2) is 0 Å². The van der Waals surface area contributed by atoms with E-state index in [1.54, 1.807) is 0 Å². The third-order valence-electron chi connectivity index (χ3n) is 5.94. The van der Waals surface area contributed by atoms with Crippen LogP contribution in [0.3, 0.4) is 0 Å². The Morgan fingerprint density at radius 1 is 1.19 bits per heavy atom. The Morgan fingerprint density at radius 3 is 2.14 bits per heavy atom. The van der Waals surface area contributed by atoms with Crippen LogP contribution < -0.4 is 5.32 Å². The molecular formula is C20H23F4N3O8S. The largest absolute Gasteiger partial charge is 0.490 e. The van der Waals surface area contributed by atoms with Crippen LogP contribution in [0.4, 0.5) is 17.6 Å². The number of carbonyl (C=O) groups excluding carboxylic acids is 3. The highest BCUT2D eigenvalue weighted by Gasteiger charge is 2.66. The number of carboxylic acid groups (broad SMARTS) is 1. The molecule has 1 aromatic carbocycles. The number of likely N-dealkylation sites (N-methyl/N-ethyl adjacent to an activating group) is 1. The third-order valence-corrected chi connectivity index (χ3v) is 7.78. The van der Waals surface area contributed by atoms with Gasteiger partial charge in [-0.05, 0) is 31.2 Å². The van der Waals surface area contributed by atoms with Crippen LogP contribution in [-0.4, -0.2) is 92.0 Å². The maximum atomic E-state index is 13.1. The van der Waals surface area contributed by atoms with E-state index in [-0.39, 0.29) is 11.4 Å². The second kappa shape index (κ2) is 10.1. The van der Waals surface area contributed by atoms with Crippen LogP contribution in [0.15, 0.2) is 29.2 Å². The van der Waals surface area contributed by atoms with Gasteiger partial charge in [0.1, 0.15) is 11.4 Å². The van der Waals surface area contributed by atoms with Crippen LogP contribution in [0.5, 0.6) is 0 Å². The number of esters is 1. The molecule has 16 heteroatoms. The molecule has 1 aromatic rings. The molecule has 2 aliphatic rings. The molecule has 2 heterocycles. The fourth-order valence-corrected chi connectivity index (χ4v) is 5.33. The second-order valence-electron chi connectivity index (χ2n) is 8.23. The van der Waals surface area contributed by atoms with Gasteiger partial charge in [0.25, 0.3) is 0 Å². The van der Waals surface area contributed by atoms with E-state index in [2.05, 4.69) is 5.32 Å². The molecule has 3 rings (SSSR count). The minimum Gasteiger partial charge on any atom is -0.475 e. The lowest BCUT2D eigenvalue weighted by Gasteiger charge is -2.29. The van der Waals surface area contributed by atoms with Gasteiger partial charge in [0, 0.05) is 26.7 Å². The quantitative estimate of drug-likeness (QED) is 0.303. The third kappa shape index (κ3) is 5.34. The maximum absolute atomic E-state index is 13.1. The van der Waals surface area contributed by atoms with E-state index in [1.807, 2.05) is 0 Å². The number of nitrogens with zero attached hydrogens (tertiary/aromatic N) is 2. The Balaban J connectivity index is 0.000000572. The predicted molar refractivity (Wildman–Crippen MR) is 112 cm³/mol. The van der Waals surface area contributed by atoms with E-state index in [4.69, 9.17) is 14.6 Å². The van der Waals surface area contributed by atoms with Gasteiger partial charge in [-0.1, -0.05) is 0 Å². The zero-order chi connectivity index (χ0) is 27.8. The van der Waals surface area contributed by atoms with Crippen LogP contribution >= 0.6 is 0 Å². The minimum atomic E-state index is -5.08. The predicted octanol–water partition coefficient (Wildman–Crippen LogP) is 0.214. The van der Waals surface area contributed by atoms with Gasteiger partial charge in [-0.25, -0.2) is 17.6 Å². The zero-order valence-electron chi connectivity index (χ0n) is 19.4. The number of imide groups is 1. The fraction of sp³-hybridized carbons (Fsp3) is 0.500. The van der Waals surface area contributed by atoms with Gasteiger partial charge in [-0.2, -0.15) is 17.5 Å². The van der Waals surface area contributed by atoms with Crippen molar-refractivity contribution in [2.45, 2.75) is 29.6 Å². The van der Waals surface area contributed by atoms with E-state index in [1.165, 1.54) is 28.1 Å². The molecule has 11 nitrogen and oxygen atoms in total. The summed E-state index contributed by atoms with van der Waals surface area (Å²) < 4.78 is 76.3. The molecule has 36 heavy (non-hydrogen) atoms. The normalized spacial score (nSPS) is 25.9. The number of ether oxygens (including phenoxy) is 1. The smallest absolute Gasteiger partial charge is 0.475 e. The van der Waals surface area contributed by atoms with Crippen molar-refractivity contribution >= 4 is 33.8 Å². The Morgan fingerprint density at radius 2 is 1.69 bits per heavy atom. The lowest BCUT2D eigenvalue weighted by molar-refractivity contribution is -0.192. The number of carbonyl (C=O) groups is 4. The molecule has 2 aliphatic heterocycles. The summed E-state index contributed by atoms with van der Waals surface area (Å²) in [6.07, 6.45) is -5.08. The van der Waals surface area contributed by atoms with E-state index in [0.717, 1.165) is 33.5 Å². The summed E-state index contributed by atoms with van der Waals surface area (Å²) >= 11 is 0. The lowest BCUT2D eigenvalue weighted by Crippen LogP contribution is -2.56. The molecule has 0 unspecified atom stereocenters. The molecule has 2 saturated heterocycles. The molecule has 0 bridgehead atoms. The number of fused-ring (bicyclic) bond motifs is 1. The number of rotatable bonds is 5. The van der Waals surface area contributed by atoms with Crippen LogP contribution in [0, 0.1) is 17.7 Å². The Kier molecular flexibility index (Phi) is 8.17. The number of benzene rings is 1. The average molecular weight is 541 g/mol. The summed E-state index contributed by atoms with van der Waals surface area (Å²) in [7, 11) is -0.161. The average Bonchev–Trinajstić information content (AvgIpc) is 3.21. The monoisotopic (exact) mass is 541 g/mol. The van der Waals surface area contributed by atoms with Crippen molar-refractivity contribution < 1.29 is 55.0 Å². The number of nitrogens with one attached hydrogen (secondary N) is 1. The first-order valence-corrected chi connectivity index (χ1v) is 11.5. The number of halogens is 4. The number of methoxy groups -OCH3 is 1. The van der Waals surface area contributed by atoms with Crippen molar-refractivity contribution in [3.8, 4) is 0 Å². The van der Waals surface area contributed by atoms with Gasteiger partial charge >= 0.3 is 18.1 Å². The van der Waals surface area contributed by atoms with Crippen molar-refractivity contribution in [1.82, 2.24) is 14.5 Å². The molecule has 0 aromatic heterocycles. The van der Waals surface area contributed by atoms with E-state index >= 15 is 0 Å². The molecular weight excluding hydrogens is 518 g/mol. The molecule has 2 fully saturated rings. The standard InChI is InChI=1S/C18H22FN3O6S.C2HF3O2/c1-18(17(25)28-4)14-13(15(23)22(3)16(14)24)12(20-18)9-21(2)29(26,27)11-7-5-10(19)6-8-11;3-2(4,5)1(6)7/h5-8,12-14,20H,9H2,1-4H3;(H,6,7)/t12-,13+,14-,18-;/m1./s1. The topological polar surface area (TPSA) is 150 Å². The molecule has 0 aliphatic carbocycles. The van der Waals surface area contributed by atoms with Gasteiger partial charge in [-0.3, -0.25) is 24.6 Å². The first-order chi connectivity index (χ1) is 16.4. The first kappa shape index (κ1) is 29.1. The molecule has 0 radical (unpaired) electrons. The number of amides is 2. The lowest BCUT2D eigenvalue weighted by atomic mass is 9.81. The van der Waals surface area contributed by atoms with Crippen LogP contribution in [-0.2, 0) is 33.9 Å². The molecule has 2 amide bonds. The number of aliphatic carboxylic acids is 1. The van der Waals surface area contributed by atoms with Gasteiger partial charge in [0.05, 0.1) is 23.8 Å². The highest BCUT2D eigenvalue weighted by atomic mass is 32.2. The summed E-state index contributed by atoms with van der Waals surface area (Å²) in [5, 5.41) is 10.1. The van der Waals surface area contributed by atoms with Crippen molar-refractivity contribution in [1.29, 1.82) is 0 Å². The van der Waals surface area contributed by atoms with E-state index in [0.29, 0.717) is 0 Å². The molecule has 4 atom stereocenters. The maximum Gasteiger partial charge on any atom is 0.490 e. The molecule has 0 saturated carbocycles. The van der Waals surface area contributed by atoms with Gasteiger partial charge < -0.3 is 9.84 Å². The number of hydrogen-bond donors (Lipinski definition) is 2. The number of hydrogen-bond acceptors (Lipinski definition) is 8. The van der Waals surface area contributed by atoms with E-state index in [9.17, 15) is 40.4 Å². The second-order valence-corrected chi connectivity index (χ2v) is 10.3. The Hall–Kier alpha value is -3.11. The fourth-order valence-electron chi connectivity index (χ4n) is 4.13. The van der Waals surface area contributed by atoms with E-state index < -0.39 is 69.2 Å². The summed E-state index contributed by atoms with van der Waals surface area (Å²) in [5.41, 5.74) is -1.47. The van der Waals surface area contributed by atoms with Crippen molar-refractivity contribution in [3.63, 3.8) is 0 Å². The summed E-state index contributed by atoms with van der Waals surface area (Å²) in [6.45, 7) is 1.29. The van der Waals surface area contributed by atoms with Crippen molar-refractivity contribution in [2.24, 2.45) is 11.8 Å². The van der Waals surface area contributed by atoms with Gasteiger partial charge in [-0.15, -0.1) is 0 Å². The Bertz CT molecular complexity index is 1160. The van der Waals surface area contributed by atoms with Crippen LogP contribution in [0.1, 0.15) is 6.92 Å². The van der Waals surface area contributed by atoms with Crippen molar-refractivity contribution in [3.05, 3.63) is 30.1 Å². The summed E-state index contributed by atoms with van der Waals surface area (Å²) in [5.74, 6) is -6.96. The summed E-state index contributed by atoms with van der Waals surface area (Å²) in [4.78, 5) is 47.4. The van der Waals surface area contributed by atoms with Crippen molar-refractivity contribution in [2.75, 3.05) is 27.7 Å². The molecule has 0 spiro atoms. The number of likely N-dealkylation sites (tertiary alicyclic amines) is 1. The van der Waals surface area contributed by atoms with Gasteiger partial charge in [0.2, 0.25) is 21.8 Å². The Labute approximate surface area is 203 Å².